The van der Waals surface area contributed by atoms with E-state index < -0.39 is 0 Å². The minimum Gasteiger partial charge on any atom is -0.358 e. The van der Waals surface area contributed by atoms with Crippen LogP contribution >= 0.6 is 11.6 Å². The van der Waals surface area contributed by atoms with Crippen LogP contribution in [0.5, 0.6) is 0 Å². The molecular formula is C12H10ClN3. The highest BCUT2D eigenvalue weighted by Crippen LogP contribution is 2.21. The van der Waals surface area contributed by atoms with Crippen molar-refractivity contribution in [1.82, 2.24) is 9.97 Å². The highest BCUT2D eigenvalue weighted by Gasteiger charge is 2.04. The molecule has 1 heterocycles. The van der Waals surface area contributed by atoms with Crippen LogP contribution in [0.3, 0.4) is 0 Å². The second kappa shape index (κ2) is 4.82. The third-order valence-electron chi connectivity index (χ3n) is 2.10. The average molecular weight is 232 g/mol. The summed E-state index contributed by atoms with van der Waals surface area (Å²) in [6, 6.07) is 7.71. The molecule has 1 aromatic heterocycles. The first kappa shape index (κ1) is 10.7. The zero-order chi connectivity index (χ0) is 11.4. The van der Waals surface area contributed by atoms with Crippen molar-refractivity contribution in [1.29, 1.82) is 0 Å². The number of fused-ring (bicyclic) bond motifs is 1. The molecule has 3 nitrogen and oxygen atoms in total. The van der Waals surface area contributed by atoms with Crippen molar-refractivity contribution in [3.63, 3.8) is 0 Å². The second-order valence-corrected chi connectivity index (χ2v) is 3.48. The van der Waals surface area contributed by atoms with Crippen molar-refractivity contribution in [3.8, 4) is 11.8 Å². The Kier molecular flexibility index (Phi) is 3.23. The smallest absolute Gasteiger partial charge is 0.224 e. The monoisotopic (exact) mass is 231 g/mol. The summed E-state index contributed by atoms with van der Waals surface area (Å²) in [7, 11) is 0. The number of benzene rings is 1. The van der Waals surface area contributed by atoms with E-state index in [2.05, 4.69) is 27.1 Å². The summed E-state index contributed by atoms with van der Waals surface area (Å²) in [5.41, 5.74) is 0.828. The number of halogens is 1. The Morgan fingerprint density at radius 3 is 2.94 bits per heavy atom. The number of hydrogen-bond acceptors (Lipinski definition) is 3. The quantitative estimate of drug-likeness (QED) is 0.638. The molecule has 16 heavy (non-hydrogen) atoms. The summed E-state index contributed by atoms with van der Waals surface area (Å²) in [6.45, 7) is 2.35. The highest BCUT2D eigenvalue weighted by atomic mass is 35.5. The van der Waals surface area contributed by atoms with Crippen molar-refractivity contribution < 1.29 is 0 Å². The lowest BCUT2D eigenvalue weighted by Crippen LogP contribution is -2.02. The molecule has 0 unspecified atom stereocenters. The normalized spacial score (nSPS) is 9.62. The van der Waals surface area contributed by atoms with Crippen LogP contribution in [0.15, 0.2) is 24.3 Å². The molecule has 0 amide bonds. The van der Waals surface area contributed by atoms with Gasteiger partial charge in [-0.2, -0.15) is 0 Å². The Balaban J connectivity index is 2.44. The number of para-hydroxylation sites is 1. The van der Waals surface area contributed by atoms with Gasteiger partial charge >= 0.3 is 0 Å². The third kappa shape index (κ3) is 2.23. The van der Waals surface area contributed by atoms with E-state index in [1.54, 1.807) is 6.92 Å². The number of nitrogens with zero attached hydrogens (tertiary/aromatic N) is 2. The van der Waals surface area contributed by atoms with Gasteiger partial charge in [-0.15, -0.1) is 5.92 Å². The first-order valence-corrected chi connectivity index (χ1v) is 5.25. The van der Waals surface area contributed by atoms with Gasteiger partial charge in [0.2, 0.25) is 5.28 Å². The number of aromatic nitrogens is 2. The van der Waals surface area contributed by atoms with E-state index in [0.29, 0.717) is 6.54 Å². The minimum atomic E-state index is 0.241. The summed E-state index contributed by atoms with van der Waals surface area (Å²) < 4.78 is 0. The molecule has 0 radical (unpaired) electrons. The minimum absolute atomic E-state index is 0.241. The van der Waals surface area contributed by atoms with Crippen molar-refractivity contribution in [2.24, 2.45) is 0 Å². The number of anilines is 1. The van der Waals surface area contributed by atoms with Crippen LogP contribution in [-0.4, -0.2) is 16.5 Å². The van der Waals surface area contributed by atoms with Gasteiger partial charge in [0.15, 0.2) is 0 Å². The van der Waals surface area contributed by atoms with Gasteiger partial charge in [-0.3, -0.25) is 0 Å². The molecule has 2 rings (SSSR count). The zero-order valence-corrected chi connectivity index (χ0v) is 9.54. The number of rotatable bonds is 2. The van der Waals surface area contributed by atoms with Gasteiger partial charge in [-0.05, 0) is 30.7 Å². The fourth-order valence-corrected chi connectivity index (χ4v) is 1.57. The van der Waals surface area contributed by atoms with Gasteiger partial charge in [0.1, 0.15) is 5.82 Å². The molecule has 2 aromatic rings. The third-order valence-corrected chi connectivity index (χ3v) is 2.27. The van der Waals surface area contributed by atoms with Crippen LogP contribution in [0.1, 0.15) is 6.92 Å². The number of hydrogen-bond donors (Lipinski definition) is 1. The molecule has 4 heteroatoms. The molecule has 0 bridgehead atoms. The Labute approximate surface area is 98.9 Å². The first-order valence-electron chi connectivity index (χ1n) is 4.87. The van der Waals surface area contributed by atoms with Gasteiger partial charge in [0.25, 0.3) is 0 Å². The lowest BCUT2D eigenvalue weighted by Gasteiger charge is -2.05. The van der Waals surface area contributed by atoms with Crippen molar-refractivity contribution >= 4 is 28.3 Å². The number of nitrogens with one attached hydrogen (secondary N) is 1. The van der Waals surface area contributed by atoms with Crippen molar-refractivity contribution in [2.45, 2.75) is 6.92 Å². The van der Waals surface area contributed by atoms with Crippen LogP contribution in [0.4, 0.5) is 5.82 Å². The van der Waals surface area contributed by atoms with Gasteiger partial charge in [-0.1, -0.05) is 18.1 Å². The summed E-state index contributed by atoms with van der Waals surface area (Å²) in [6.07, 6.45) is 0. The maximum Gasteiger partial charge on any atom is 0.224 e. The van der Waals surface area contributed by atoms with E-state index in [-0.39, 0.29) is 5.28 Å². The van der Waals surface area contributed by atoms with Gasteiger partial charge in [-0.25, -0.2) is 9.97 Å². The molecule has 0 saturated carbocycles. The molecule has 1 N–H and O–H groups in total. The first-order chi connectivity index (χ1) is 7.81. The molecule has 1 aromatic carbocycles. The van der Waals surface area contributed by atoms with E-state index in [1.807, 2.05) is 24.3 Å². The maximum absolute atomic E-state index is 5.84. The Bertz CT molecular complexity index is 569. The molecule has 0 atom stereocenters. The maximum atomic E-state index is 5.84. The van der Waals surface area contributed by atoms with E-state index in [4.69, 9.17) is 11.6 Å². The van der Waals surface area contributed by atoms with Crippen molar-refractivity contribution in [2.75, 3.05) is 11.9 Å². The summed E-state index contributed by atoms with van der Waals surface area (Å²) in [5.74, 6) is 6.45. The SMILES string of the molecule is CC#CCNc1nc(Cl)nc2ccccc12. The van der Waals surface area contributed by atoms with E-state index in [1.165, 1.54) is 0 Å². The lowest BCUT2D eigenvalue weighted by molar-refractivity contribution is 1.19. The predicted octanol–water partition coefficient (Wildman–Crippen LogP) is 2.72. The van der Waals surface area contributed by atoms with Crippen LogP contribution in [0.2, 0.25) is 5.28 Å². The fourth-order valence-electron chi connectivity index (χ4n) is 1.40. The molecule has 0 aliphatic heterocycles. The molecule has 0 saturated heterocycles. The zero-order valence-electron chi connectivity index (χ0n) is 8.79. The molecule has 0 fully saturated rings. The topological polar surface area (TPSA) is 37.8 Å². The highest BCUT2D eigenvalue weighted by molar-refractivity contribution is 6.28. The standard InChI is InChI=1S/C12H10ClN3/c1-2-3-8-14-11-9-6-4-5-7-10(9)15-12(13)16-11/h4-7H,8H2,1H3,(H,14,15,16). The summed E-state index contributed by atoms with van der Waals surface area (Å²) in [5, 5.41) is 4.31. The van der Waals surface area contributed by atoms with Crippen LogP contribution in [0, 0.1) is 11.8 Å². The predicted molar refractivity (Wildman–Crippen MR) is 66.5 cm³/mol. The largest absolute Gasteiger partial charge is 0.358 e. The van der Waals surface area contributed by atoms with Crippen LogP contribution < -0.4 is 5.32 Å². The van der Waals surface area contributed by atoms with Crippen LogP contribution in [0.25, 0.3) is 10.9 Å². The summed E-state index contributed by atoms with van der Waals surface area (Å²) in [4.78, 5) is 8.29. The Hall–Kier alpha value is -1.79. The molecular weight excluding hydrogens is 222 g/mol. The van der Waals surface area contributed by atoms with E-state index in [9.17, 15) is 0 Å². The molecule has 0 aliphatic carbocycles. The van der Waals surface area contributed by atoms with Gasteiger partial charge in [0, 0.05) is 5.39 Å². The molecule has 80 valence electrons. The Morgan fingerprint density at radius 1 is 1.31 bits per heavy atom. The van der Waals surface area contributed by atoms with Gasteiger partial charge in [0.05, 0.1) is 12.1 Å². The van der Waals surface area contributed by atoms with Crippen LogP contribution in [-0.2, 0) is 0 Å². The van der Waals surface area contributed by atoms with E-state index >= 15 is 0 Å². The molecule has 0 spiro atoms. The molecule has 0 aliphatic rings. The fraction of sp³-hybridized carbons (Fsp3) is 0.167. The average Bonchev–Trinajstić information content (AvgIpc) is 2.29. The Morgan fingerprint density at radius 2 is 2.12 bits per heavy atom. The van der Waals surface area contributed by atoms with Crippen molar-refractivity contribution in [3.05, 3.63) is 29.5 Å². The van der Waals surface area contributed by atoms with Gasteiger partial charge < -0.3 is 5.32 Å². The second-order valence-electron chi connectivity index (χ2n) is 3.14. The lowest BCUT2D eigenvalue weighted by atomic mass is 10.2. The summed E-state index contributed by atoms with van der Waals surface area (Å²) >= 11 is 5.84. The van der Waals surface area contributed by atoms with E-state index in [0.717, 1.165) is 16.7 Å².